The van der Waals surface area contributed by atoms with Crippen LogP contribution in [0.2, 0.25) is 0 Å². The van der Waals surface area contributed by atoms with Crippen molar-refractivity contribution in [1.29, 1.82) is 0 Å². The molecule has 0 aliphatic heterocycles. The molecule has 1 aromatic heterocycles. The number of carbonyl (C=O) groups is 2. The van der Waals surface area contributed by atoms with Crippen LogP contribution in [0.15, 0.2) is 59.6 Å². The van der Waals surface area contributed by atoms with Gasteiger partial charge in [0.15, 0.2) is 0 Å². The lowest BCUT2D eigenvalue weighted by atomic mass is 9.98. The third kappa shape index (κ3) is 4.48. The second-order valence-corrected chi connectivity index (χ2v) is 7.11. The number of fused-ring (bicyclic) bond motifs is 1. The largest absolute Gasteiger partial charge is 0.454 e. The number of benzene rings is 2. The molecule has 0 radical (unpaired) electrons. The summed E-state index contributed by atoms with van der Waals surface area (Å²) in [6.07, 6.45) is -9.51. The molecule has 30 heavy (non-hydrogen) atoms. The second-order valence-electron chi connectivity index (χ2n) is 6.13. The third-order valence-electron chi connectivity index (χ3n) is 4.08. The first kappa shape index (κ1) is 21.8. The normalized spacial score (nSPS) is 12.2. The molecule has 2 aromatic carbocycles. The molecule has 0 atom stereocenters. The molecular weight excluding hydrogens is 432 g/mol. The molecule has 0 fully saturated rings. The van der Waals surface area contributed by atoms with Crippen LogP contribution in [0.25, 0.3) is 10.9 Å². The van der Waals surface area contributed by atoms with Crippen molar-refractivity contribution in [1.82, 2.24) is 4.98 Å². The maximum absolute atomic E-state index is 13.2. The number of rotatable bonds is 5. The lowest BCUT2D eigenvalue weighted by Crippen LogP contribution is -2.26. The summed E-state index contributed by atoms with van der Waals surface area (Å²) in [5.74, 6) is -4.56. The number of alkyl halides is 6. The minimum absolute atomic E-state index is 0.136. The summed E-state index contributed by atoms with van der Waals surface area (Å²) in [6.45, 7) is 0. The van der Waals surface area contributed by atoms with E-state index >= 15 is 0 Å². The fourth-order valence-corrected chi connectivity index (χ4v) is 3.87. The van der Waals surface area contributed by atoms with Crippen molar-refractivity contribution in [3.8, 4) is 0 Å². The molecule has 0 bridgehead atoms. The molecule has 3 nitrogen and oxygen atoms in total. The predicted molar refractivity (Wildman–Crippen MR) is 98.5 cm³/mol. The molecule has 3 aromatic rings. The number of carbonyl (C=O) groups excluding carboxylic acids is 2. The summed E-state index contributed by atoms with van der Waals surface area (Å²) in [5, 5.41) is -0.283. The molecule has 0 saturated carbocycles. The fourth-order valence-electron chi connectivity index (χ4n) is 2.76. The summed E-state index contributed by atoms with van der Waals surface area (Å²) < 4.78 is 78.5. The standard InChI is InChI=1S/C20H11F6NO2S/c21-19(22,23)17(28)13-9-14(18(29)20(24,25)26)16(15-12(13)7-4-8-27-15)30-10-11-5-2-1-3-6-11/h1-9H,10H2. The highest BCUT2D eigenvalue weighted by atomic mass is 32.2. The van der Waals surface area contributed by atoms with E-state index in [9.17, 15) is 35.9 Å². The van der Waals surface area contributed by atoms with Gasteiger partial charge in [-0.3, -0.25) is 14.6 Å². The van der Waals surface area contributed by atoms with Crippen molar-refractivity contribution in [3.05, 3.63) is 71.4 Å². The Morgan fingerprint density at radius 3 is 2.03 bits per heavy atom. The highest BCUT2D eigenvalue weighted by molar-refractivity contribution is 7.98. The first-order valence-electron chi connectivity index (χ1n) is 8.31. The average Bonchev–Trinajstić information content (AvgIpc) is 2.70. The minimum Gasteiger partial charge on any atom is -0.284 e. The zero-order valence-electron chi connectivity index (χ0n) is 14.8. The predicted octanol–water partition coefficient (Wildman–Crippen LogP) is 6.02. The summed E-state index contributed by atoms with van der Waals surface area (Å²) in [5.41, 5.74) is -1.65. The van der Waals surface area contributed by atoms with Gasteiger partial charge in [0, 0.05) is 33.4 Å². The van der Waals surface area contributed by atoms with Crippen molar-refractivity contribution in [2.45, 2.75) is 23.0 Å². The van der Waals surface area contributed by atoms with Crippen molar-refractivity contribution < 1.29 is 35.9 Å². The number of halogens is 6. The highest BCUT2D eigenvalue weighted by Gasteiger charge is 2.44. The maximum atomic E-state index is 13.2. The number of hydrogen-bond acceptors (Lipinski definition) is 4. The lowest BCUT2D eigenvalue weighted by Gasteiger charge is -2.16. The van der Waals surface area contributed by atoms with E-state index in [2.05, 4.69) is 4.98 Å². The number of pyridine rings is 1. The van der Waals surface area contributed by atoms with Gasteiger partial charge in [-0.05, 0) is 17.7 Å². The topological polar surface area (TPSA) is 47.0 Å². The van der Waals surface area contributed by atoms with Gasteiger partial charge in [0.2, 0.25) is 0 Å². The van der Waals surface area contributed by atoms with Gasteiger partial charge in [0.25, 0.3) is 11.6 Å². The van der Waals surface area contributed by atoms with Gasteiger partial charge in [0.05, 0.1) is 5.52 Å². The molecule has 0 N–H and O–H groups in total. The van der Waals surface area contributed by atoms with Crippen LogP contribution in [-0.2, 0) is 5.75 Å². The van der Waals surface area contributed by atoms with E-state index < -0.39 is 35.0 Å². The third-order valence-corrected chi connectivity index (χ3v) is 5.26. The quantitative estimate of drug-likeness (QED) is 0.275. The van der Waals surface area contributed by atoms with Gasteiger partial charge < -0.3 is 0 Å². The lowest BCUT2D eigenvalue weighted by molar-refractivity contribution is -0.0888. The van der Waals surface area contributed by atoms with E-state index in [-0.39, 0.29) is 21.6 Å². The van der Waals surface area contributed by atoms with Gasteiger partial charge in [-0.2, -0.15) is 26.3 Å². The molecule has 0 saturated heterocycles. The minimum atomic E-state index is -5.34. The van der Waals surface area contributed by atoms with Crippen LogP contribution < -0.4 is 0 Å². The maximum Gasteiger partial charge on any atom is 0.454 e. The van der Waals surface area contributed by atoms with E-state index in [4.69, 9.17) is 0 Å². The Morgan fingerprint density at radius 2 is 1.43 bits per heavy atom. The Labute approximate surface area is 170 Å². The van der Waals surface area contributed by atoms with Crippen molar-refractivity contribution >= 4 is 34.2 Å². The second kappa shape index (κ2) is 8.10. The number of thioether (sulfide) groups is 1. The Morgan fingerprint density at radius 1 is 0.833 bits per heavy atom. The summed E-state index contributed by atoms with van der Waals surface area (Å²) >= 11 is 0.826. The van der Waals surface area contributed by atoms with Crippen LogP contribution in [0.5, 0.6) is 0 Å². The van der Waals surface area contributed by atoms with Crippen LogP contribution in [0.3, 0.4) is 0 Å². The Balaban J connectivity index is 2.24. The molecule has 10 heteroatoms. The fraction of sp³-hybridized carbons (Fsp3) is 0.150. The van der Waals surface area contributed by atoms with E-state index in [0.717, 1.165) is 17.8 Å². The molecule has 0 spiro atoms. The van der Waals surface area contributed by atoms with Crippen LogP contribution in [0.4, 0.5) is 26.3 Å². The molecule has 0 unspecified atom stereocenters. The molecular formula is C20H11F6NO2S. The smallest absolute Gasteiger partial charge is 0.284 e. The van der Waals surface area contributed by atoms with Crippen molar-refractivity contribution in [2.24, 2.45) is 0 Å². The average molecular weight is 443 g/mol. The Hall–Kier alpha value is -2.88. The molecule has 156 valence electrons. The monoisotopic (exact) mass is 443 g/mol. The van der Waals surface area contributed by atoms with E-state index in [1.807, 2.05) is 0 Å². The van der Waals surface area contributed by atoms with E-state index in [1.165, 1.54) is 12.3 Å². The molecule has 0 aliphatic rings. The van der Waals surface area contributed by atoms with Gasteiger partial charge in [0.1, 0.15) is 0 Å². The number of nitrogens with zero attached hydrogens (tertiary/aromatic N) is 1. The zero-order chi connectivity index (χ0) is 22.1. The van der Waals surface area contributed by atoms with Crippen LogP contribution in [0, 0.1) is 0 Å². The number of Topliss-reactive ketones (excluding diaryl/α,β-unsaturated/α-hetero) is 2. The number of hydrogen-bond donors (Lipinski definition) is 0. The van der Waals surface area contributed by atoms with Gasteiger partial charge in [-0.15, -0.1) is 11.8 Å². The van der Waals surface area contributed by atoms with Gasteiger partial charge in [-0.25, -0.2) is 0 Å². The number of aromatic nitrogens is 1. The van der Waals surface area contributed by atoms with Crippen molar-refractivity contribution in [3.63, 3.8) is 0 Å². The van der Waals surface area contributed by atoms with Crippen LogP contribution >= 0.6 is 11.8 Å². The van der Waals surface area contributed by atoms with Crippen LogP contribution in [0.1, 0.15) is 26.3 Å². The Kier molecular flexibility index (Phi) is 5.89. The van der Waals surface area contributed by atoms with Gasteiger partial charge in [-0.1, -0.05) is 36.4 Å². The van der Waals surface area contributed by atoms with Crippen molar-refractivity contribution in [2.75, 3.05) is 0 Å². The zero-order valence-corrected chi connectivity index (χ0v) is 15.7. The SMILES string of the molecule is O=C(c1cc(C(=O)C(F)(F)F)c2cccnc2c1SCc1ccccc1)C(F)(F)F. The first-order valence-corrected chi connectivity index (χ1v) is 9.30. The van der Waals surface area contributed by atoms with E-state index in [0.29, 0.717) is 11.6 Å². The van der Waals surface area contributed by atoms with Gasteiger partial charge >= 0.3 is 12.4 Å². The van der Waals surface area contributed by atoms with Crippen LogP contribution in [-0.4, -0.2) is 28.9 Å². The molecule has 1 heterocycles. The molecule has 3 rings (SSSR count). The summed E-state index contributed by atoms with van der Waals surface area (Å²) in [7, 11) is 0. The first-order chi connectivity index (χ1) is 14.0. The van der Waals surface area contributed by atoms with E-state index in [1.54, 1.807) is 30.3 Å². The highest BCUT2D eigenvalue weighted by Crippen LogP contribution is 2.38. The number of ketones is 2. The summed E-state index contributed by atoms with van der Waals surface area (Å²) in [6, 6.07) is 11.3. The molecule has 0 amide bonds. The Bertz CT molecular complexity index is 1110. The molecule has 0 aliphatic carbocycles. The summed E-state index contributed by atoms with van der Waals surface area (Å²) in [4.78, 5) is 27.5.